The van der Waals surface area contributed by atoms with Gasteiger partial charge in [-0.2, -0.15) is 0 Å². The fourth-order valence-corrected chi connectivity index (χ4v) is 1.48. The highest BCUT2D eigenvalue weighted by molar-refractivity contribution is 5.33. The third kappa shape index (κ3) is 4.21. The Morgan fingerprint density at radius 2 is 2.00 bits per heavy atom. The van der Waals surface area contributed by atoms with E-state index >= 15 is 0 Å². The van der Waals surface area contributed by atoms with Crippen LogP contribution in [0.15, 0.2) is 24.3 Å². The van der Waals surface area contributed by atoms with Crippen LogP contribution in [0.4, 0.5) is 0 Å². The van der Waals surface area contributed by atoms with Gasteiger partial charge in [0.2, 0.25) is 0 Å². The maximum absolute atomic E-state index is 5.95. The summed E-state index contributed by atoms with van der Waals surface area (Å²) >= 11 is 0. The van der Waals surface area contributed by atoms with Crippen LogP contribution in [-0.2, 0) is 11.2 Å². The van der Waals surface area contributed by atoms with Crippen molar-refractivity contribution in [2.75, 3.05) is 20.3 Å². The van der Waals surface area contributed by atoms with Crippen LogP contribution >= 0.6 is 0 Å². The highest BCUT2D eigenvalue weighted by atomic mass is 16.5. The molecule has 1 aromatic rings. The molecule has 3 nitrogen and oxygen atoms in total. The van der Waals surface area contributed by atoms with Crippen molar-refractivity contribution in [2.24, 2.45) is 5.73 Å². The molecule has 0 fully saturated rings. The zero-order valence-electron chi connectivity index (χ0n) is 10.1. The summed E-state index contributed by atoms with van der Waals surface area (Å²) in [6.45, 7) is 3.28. The van der Waals surface area contributed by atoms with Crippen LogP contribution in [0, 0.1) is 0 Å². The second-order valence-corrected chi connectivity index (χ2v) is 3.82. The van der Waals surface area contributed by atoms with Crippen LogP contribution in [0.25, 0.3) is 0 Å². The van der Waals surface area contributed by atoms with Gasteiger partial charge in [-0.3, -0.25) is 0 Å². The molecule has 3 heteroatoms. The maximum atomic E-state index is 5.95. The Morgan fingerprint density at radius 1 is 1.25 bits per heavy atom. The number of benzene rings is 1. The molecule has 1 atom stereocenters. The lowest BCUT2D eigenvalue weighted by Crippen LogP contribution is -2.21. The molecule has 0 radical (unpaired) electrons. The molecule has 0 saturated carbocycles. The second kappa shape index (κ2) is 7.25. The molecule has 16 heavy (non-hydrogen) atoms. The van der Waals surface area contributed by atoms with Crippen LogP contribution in [0.2, 0.25) is 0 Å². The quantitative estimate of drug-likeness (QED) is 0.719. The largest absolute Gasteiger partial charge is 0.491 e. The minimum absolute atomic E-state index is 0.201. The lowest BCUT2D eigenvalue weighted by molar-refractivity contribution is 0.145. The normalized spacial score (nSPS) is 12.4. The molecule has 2 N–H and O–H groups in total. The molecule has 0 aliphatic heterocycles. The summed E-state index contributed by atoms with van der Waals surface area (Å²) < 4.78 is 10.6. The summed E-state index contributed by atoms with van der Waals surface area (Å²) in [4.78, 5) is 0. The van der Waals surface area contributed by atoms with Gasteiger partial charge < -0.3 is 15.2 Å². The molecule has 90 valence electrons. The Labute approximate surface area is 97.6 Å². The lowest BCUT2D eigenvalue weighted by atomic mass is 10.0. The van der Waals surface area contributed by atoms with Crippen molar-refractivity contribution in [2.45, 2.75) is 25.8 Å². The topological polar surface area (TPSA) is 44.5 Å². The van der Waals surface area contributed by atoms with Crippen LogP contribution in [0.3, 0.4) is 0 Å². The number of methoxy groups -OCH3 is 1. The number of hydrogen-bond acceptors (Lipinski definition) is 3. The molecule has 0 aliphatic rings. The molecular formula is C13H21NO2. The number of hydrogen-bond donors (Lipinski definition) is 1. The first-order valence-electron chi connectivity index (χ1n) is 5.73. The van der Waals surface area contributed by atoms with E-state index in [0.29, 0.717) is 13.2 Å². The smallest absolute Gasteiger partial charge is 0.122 e. The van der Waals surface area contributed by atoms with E-state index in [9.17, 15) is 0 Å². The standard InChI is InChI=1S/C13H21NO2/c1-3-12(14)10-11-6-4-5-7-13(11)16-9-8-15-2/h4-7,12H,3,8-10,14H2,1-2H3. The third-order valence-corrected chi connectivity index (χ3v) is 2.52. The van der Waals surface area contributed by atoms with Crippen LogP contribution < -0.4 is 10.5 Å². The van der Waals surface area contributed by atoms with E-state index < -0.39 is 0 Å². The van der Waals surface area contributed by atoms with Crippen molar-refractivity contribution in [3.05, 3.63) is 29.8 Å². The van der Waals surface area contributed by atoms with Crippen molar-refractivity contribution >= 4 is 0 Å². The molecular weight excluding hydrogens is 202 g/mol. The fourth-order valence-electron chi connectivity index (χ4n) is 1.48. The van der Waals surface area contributed by atoms with E-state index in [4.69, 9.17) is 15.2 Å². The van der Waals surface area contributed by atoms with Crippen LogP contribution in [0.1, 0.15) is 18.9 Å². The molecule has 1 rings (SSSR count). The molecule has 0 bridgehead atoms. The Kier molecular flexibility index (Phi) is 5.90. The predicted octanol–water partition coefficient (Wildman–Crippen LogP) is 1.99. The minimum Gasteiger partial charge on any atom is -0.491 e. The molecule has 1 unspecified atom stereocenters. The monoisotopic (exact) mass is 223 g/mol. The zero-order chi connectivity index (χ0) is 11.8. The summed E-state index contributed by atoms with van der Waals surface area (Å²) in [7, 11) is 1.67. The van der Waals surface area contributed by atoms with Gasteiger partial charge in [0.25, 0.3) is 0 Å². The van der Waals surface area contributed by atoms with E-state index in [-0.39, 0.29) is 6.04 Å². The van der Waals surface area contributed by atoms with Gasteiger partial charge in [0.1, 0.15) is 12.4 Å². The van der Waals surface area contributed by atoms with Gasteiger partial charge >= 0.3 is 0 Å². The minimum atomic E-state index is 0.201. The van der Waals surface area contributed by atoms with Crippen LogP contribution in [-0.4, -0.2) is 26.4 Å². The molecule has 0 aliphatic carbocycles. The highest BCUT2D eigenvalue weighted by Crippen LogP contribution is 2.19. The average molecular weight is 223 g/mol. The molecule has 0 heterocycles. The molecule has 0 spiro atoms. The number of para-hydroxylation sites is 1. The van der Waals surface area contributed by atoms with E-state index in [1.807, 2.05) is 18.2 Å². The van der Waals surface area contributed by atoms with Gasteiger partial charge in [0.15, 0.2) is 0 Å². The van der Waals surface area contributed by atoms with Crippen molar-refractivity contribution in [1.82, 2.24) is 0 Å². The molecule has 0 amide bonds. The Balaban J connectivity index is 2.60. The van der Waals surface area contributed by atoms with Crippen molar-refractivity contribution in [1.29, 1.82) is 0 Å². The summed E-state index contributed by atoms with van der Waals surface area (Å²) in [5.41, 5.74) is 7.12. The van der Waals surface area contributed by atoms with Gasteiger partial charge in [0, 0.05) is 13.2 Å². The second-order valence-electron chi connectivity index (χ2n) is 3.82. The fraction of sp³-hybridized carbons (Fsp3) is 0.538. The predicted molar refractivity (Wildman–Crippen MR) is 65.8 cm³/mol. The Morgan fingerprint density at radius 3 is 2.69 bits per heavy atom. The SMILES string of the molecule is CCC(N)Cc1ccccc1OCCOC. The first kappa shape index (κ1) is 13.0. The van der Waals surface area contributed by atoms with E-state index in [2.05, 4.69) is 13.0 Å². The van der Waals surface area contributed by atoms with Gasteiger partial charge in [-0.25, -0.2) is 0 Å². The van der Waals surface area contributed by atoms with E-state index in [0.717, 1.165) is 18.6 Å². The van der Waals surface area contributed by atoms with E-state index in [1.165, 1.54) is 5.56 Å². The summed E-state index contributed by atoms with van der Waals surface area (Å²) in [6.07, 6.45) is 1.84. The number of rotatable bonds is 7. The van der Waals surface area contributed by atoms with Gasteiger partial charge in [-0.05, 0) is 24.5 Å². The zero-order valence-corrected chi connectivity index (χ0v) is 10.1. The molecule has 0 aromatic heterocycles. The average Bonchev–Trinajstić information content (AvgIpc) is 2.31. The lowest BCUT2D eigenvalue weighted by Gasteiger charge is -2.14. The van der Waals surface area contributed by atoms with Gasteiger partial charge in [0.05, 0.1) is 6.61 Å². The van der Waals surface area contributed by atoms with E-state index in [1.54, 1.807) is 7.11 Å². The number of ether oxygens (including phenoxy) is 2. The third-order valence-electron chi connectivity index (χ3n) is 2.52. The first-order chi connectivity index (χ1) is 7.77. The van der Waals surface area contributed by atoms with Gasteiger partial charge in [-0.15, -0.1) is 0 Å². The number of nitrogens with two attached hydrogens (primary N) is 1. The molecule has 1 aromatic carbocycles. The van der Waals surface area contributed by atoms with Gasteiger partial charge in [-0.1, -0.05) is 25.1 Å². The first-order valence-corrected chi connectivity index (χ1v) is 5.73. The van der Waals surface area contributed by atoms with Crippen LogP contribution in [0.5, 0.6) is 5.75 Å². The molecule has 0 saturated heterocycles. The maximum Gasteiger partial charge on any atom is 0.122 e. The Hall–Kier alpha value is -1.06. The van der Waals surface area contributed by atoms with Crippen molar-refractivity contribution in [3.63, 3.8) is 0 Å². The summed E-state index contributed by atoms with van der Waals surface area (Å²) in [6, 6.07) is 8.24. The highest BCUT2D eigenvalue weighted by Gasteiger charge is 2.06. The Bertz CT molecular complexity index is 302. The summed E-state index contributed by atoms with van der Waals surface area (Å²) in [5.74, 6) is 0.920. The van der Waals surface area contributed by atoms with Crippen molar-refractivity contribution in [3.8, 4) is 5.75 Å². The van der Waals surface area contributed by atoms with Crippen molar-refractivity contribution < 1.29 is 9.47 Å². The summed E-state index contributed by atoms with van der Waals surface area (Å²) in [5, 5.41) is 0.